The minimum atomic E-state index is -0.894. The Balaban J connectivity index is 1.54. The van der Waals surface area contributed by atoms with Gasteiger partial charge in [-0.1, -0.05) is 54.9 Å². The molecule has 0 aromatic carbocycles. The summed E-state index contributed by atoms with van der Waals surface area (Å²) >= 11 is 0. The standard InChI is InChI=1S/C41H73NO7/c1-14-25(2)32(42-34(45)49-35(3,4)5)33(44)48-30-18-21-38(10)28(37(30,8)9)17-23-39(11)29(38)24-27(43)31-26(16-22-40(31,39)12)41(13,47)20-15-19-36(6,7)46/h25-32,43,46-47H,14-24H2,1-13H3,(H,42,45)/t25-,26-,27+,28-,29+,30-,31-,32-,38-,39+,40+,41+/m0/s1. The molecule has 49 heavy (non-hydrogen) atoms. The van der Waals surface area contributed by atoms with Gasteiger partial charge in [-0.2, -0.15) is 0 Å². The Morgan fingerprint density at radius 3 is 2.06 bits per heavy atom. The van der Waals surface area contributed by atoms with Gasteiger partial charge in [0.15, 0.2) is 0 Å². The second-order valence-corrected chi connectivity index (χ2v) is 20.3. The molecular weight excluding hydrogens is 618 g/mol. The molecule has 4 fully saturated rings. The number of alkyl carbamates (subject to hydrolysis) is 1. The van der Waals surface area contributed by atoms with E-state index in [1.807, 2.05) is 55.4 Å². The van der Waals surface area contributed by atoms with Crippen LogP contribution < -0.4 is 5.32 Å². The highest BCUT2D eigenvalue weighted by Crippen LogP contribution is 2.76. The van der Waals surface area contributed by atoms with E-state index >= 15 is 0 Å². The summed E-state index contributed by atoms with van der Waals surface area (Å²) < 4.78 is 11.9. The molecular formula is C41H73NO7. The molecule has 0 heterocycles. The van der Waals surface area contributed by atoms with E-state index in [4.69, 9.17) is 9.47 Å². The first-order valence-electron chi connectivity index (χ1n) is 19.6. The van der Waals surface area contributed by atoms with Crippen LogP contribution >= 0.6 is 0 Å². The number of aliphatic hydroxyl groups is 3. The summed E-state index contributed by atoms with van der Waals surface area (Å²) in [5.41, 5.74) is -2.73. The zero-order chi connectivity index (χ0) is 37.2. The van der Waals surface area contributed by atoms with E-state index in [1.54, 1.807) is 0 Å². The van der Waals surface area contributed by atoms with Gasteiger partial charge in [-0.05, 0) is 152 Å². The molecule has 4 saturated carbocycles. The quantitative estimate of drug-likeness (QED) is 0.170. The molecule has 4 aliphatic rings. The van der Waals surface area contributed by atoms with Crippen LogP contribution in [0.2, 0.25) is 0 Å². The molecule has 0 unspecified atom stereocenters. The van der Waals surface area contributed by atoms with Gasteiger partial charge in [-0.3, -0.25) is 0 Å². The Hall–Kier alpha value is -1.38. The number of hydrogen-bond donors (Lipinski definition) is 4. The van der Waals surface area contributed by atoms with Gasteiger partial charge < -0.3 is 30.1 Å². The largest absolute Gasteiger partial charge is 0.460 e. The first-order valence-corrected chi connectivity index (χ1v) is 19.6. The molecule has 0 bridgehead atoms. The molecule has 0 aromatic heterocycles. The second kappa shape index (κ2) is 13.5. The lowest BCUT2D eigenvalue weighted by Crippen LogP contribution is -2.67. The summed E-state index contributed by atoms with van der Waals surface area (Å²) in [6, 6.07) is -0.786. The van der Waals surface area contributed by atoms with Gasteiger partial charge in [0.2, 0.25) is 0 Å². The van der Waals surface area contributed by atoms with Gasteiger partial charge in [-0.15, -0.1) is 0 Å². The second-order valence-electron chi connectivity index (χ2n) is 20.3. The number of esters is 1. The van der Waals surface area contributed by atoms with Crippen molar-refractivity contribution in [2.75, 3.05) is 0 Å². The van der Waals surface area contributed by atoms with Crippen LogP contribution in [-0.2, 0) is 14.3 Å². The van der Waals surface area contributed by atoms with Crippen molar-refractivity contribution in [1.29, 1.82) is 0 Å². The van der Waals surface area contributed by atoms with Crippen LogP contribution in [0.5, 0.6) is 0 Å². The summed E-state index contributed by atoms with van der Waals surface area (Å²) in [5.74, 6) is 0.176. The maximum absolute atomic E-state index is 13.8. The zero-order valence-corrected chi connectivity index (χ0v) is 33.4. The van der Waals surface area contributed by atoms with E-state index in [0.717, 1.165) is 51.4 Å². The average Bonchev–Trinajstić information content (AvgIpc) is 3.33. The highest BCUT2D eigenvalue weighted by atomic mass is 16.6. The van der Waals surface area contributed by atoms with Crippen LogP contribution in [-0.4, -0.2) is 62.4 Å². The molecule has 4 aliphatic carbocycles. The first-order chi connectivity index (χ1) is 22.2. The van der Waals surface area contributed by atoms with Crippen molar-refractivity contribution in [2.45, 2.75) is 196 Å². The number of ether oxygens (including phenoxy) is 2. The van der Waals surface area contributed by atoms with Crippen LogP contribution in [0.4, 0.5) is 4.79 Å². The third-order valence-corrected chi connectivity index (χ3v) is 15.0. The van der Waals surface area contributed by atoms with Crippen molar-refractivity contribution in [3.05, 3.63) is 0 Å². The monoisotopic (exact) mass is 692 g/mol. The minimum Gasteiger partial charge on any atom is -0.460 e. The van der Waals surface area contributed by atoms with Crippen molar-refractivity contribution in [3.8, 4) is 0 Å². The molecule has 4 N–H and O–H groups in total. The van der Waals surface area contributed by atoms with Gasteiger partial charge in [0.1, 0.15) is 17.7 Å². The molecule has 1 amide bonds. The lowest BCUT2D eigenvalue weighted by molar-refractivity contribution is -0.249. The SMILES string of the molecule is CC[C@H](C)[C@H](NC(=O)OC(C)(C)C)C(=O)O[C@H]1CC[C@]2(C)[C@H]3C[C@@H](O)[C@@H]4[C@@H]([C@](C)(O)CCCC(C)(C)O)CC[C@@]4(C)[C@]3(C)CC[C@H]2C1(C)C. The highest BCUT2D eigenvalue weighted by molar-refractivity contribution is 5.82. The molecule has 284 valence electrons. The number of hydrogen-bond acceptors (Lipinski definition) is 7. The third kappa shape index (κ3) is 7.59. The van der Waals surface area contributed by atoms with Gasteiger partial charge in [0, 0.05) is 5.41 Å². The lowest BCUT2D eigenvalue weighted by Gasteiger charge is -2.70. The topological polar surface area (TPSA) is 125 Å². The average molecular weight is 692 g/mol. The Morgan fingerprint density at radius 2 is 1.49 bits per heavy atom. The number of amides is 1. The molecule has 8 heteroatoms. The van der Waals surface area contributed by atoms with Crippen LogP contribution in [0.25, 0.3) is 0 Å². The molecule has 0 aliphatic heterocycles. The fourth-order valence-electron chi connectivity index (χ4n) is 12.0. The number of aliphatic hydroxyl groups excluding tert-OH is 1. The van der Waals surface area contributed by atoms with E-state index in [-0.39, 0.29) is 45.5 Å². The van der Waals surface area contributed by atoms with E-state index in [2.05, 4.69) is 39.9 Å². The number of rotatable bonds is 10. The Morgan fingerprint density at radius 1 is 0.878 bits per heavy atom. The highest BCUT2D eigenvalue weighted by Gasteiger charge is 2.71. The zero-order valence-electron chi connectivity index (χ0n) is 33.4. The Bertz CT molecular complexity index is 1200. The maximum atomic E-state index is 13.8. The molecule has 4 rings (SSSR count). The number of nitrogens with one attached hydrogen (secondary N) is 1. The van der Waals surface area contributed by atoms with Crippen LogP contribution in [0.15, 0.2) is 0 Å². The predicted octanol–water partition coefficient (Wildman–Crippen LogP) is 8.19. The lowest BCUT2D eigenvalue weighted by atomic mass is 9.35. The smallest absolute Gasteiger partial charge is 0.408 e. The summed E-state index contributed by atoms with van der Waals surface area (Å²) in [5, 5.41) is 37.1. The normalized spacial score (nSPS) is 39.8. The number of fused-ring (bicyclic) bond motifs is 5. The maximum Gasteiger partial charge on any atom is 0.408 e. The van der Waals surface area contributed by atoms with E-state index in [0.29, 0.717) is 31.1 Å². The molecule has 0 saturated heterocycles. The van der Waals surface area contributed by atoms with Gasteiger partial charge >= 0.3 is 12.1 Å². The van der Waals surface area contributed by atoms with Crippen molar-refractivity contribution < 1.29 is 34.4 Å². The van der Waals surface area contributed by atoms with E-state index < -0.39 is 41.0 Å². The molecule has 0 aromatic rings. The third-order valence-electron chi connectivity index (χ3n) is 15.0. The van der Waals surface area contributed by atoms with Crippen molar-refractivity contribution in [1.82, 2.24) is 5.32 Å². The van der Waals surface area contributed by atoms with Crippen molar-refractivity contribution in [2.24, 2.45) is 51.2 Å². The van der Waals surface area contributed by atoms with Gasteiger partial charge in [0.05, 0.1) is 17.3 Å². The van der Waals surface area contributed by atoms with Crippen LogP contribution in [0.1, 0.15) is 161 Å². The van der Waals surface area contributed by atoms with E-state index in [1.165, 1.54) is 0 Å². The van der Waals surface area contributed by atoms with Gasteiger partial charge in [0.25, 0.3) is 0 Å². The Kier molecular flexibility index (Phi) is 11.2. The van der Waals surface area contributed by atoms with Crippen molar-refractivity contribution >= 4 is 12.1 Å². The summed E-state index contributed by atoms with van der Waals surface area (Å²) in [6.45, 7) is 26.9. The summed E-state index contributed by atoms with van der Waals surface area (Å²) in [4.78, 5) is 26.5. The van der Waals surface area contributed by atoms with Crippen LogP contribution in [0.3, 0.4) is 0 Å². The first kappa shape index (κ1) is 40.4. The van der Waals surface area contributed by atoms with Crippen LogP contribution in [0, 0.1) is 51.2 Å². The number of carbonyl (C=O) groups excluding carboxylic acids is 2. The molecule has 0 spiro atoms. The molecule has 8 nitrogen and oxygen atoms in total. The summed E-state index contributed by atoms with van der Waals surface area (Å²) in [7, 11) is 0. The fraction of sp³-hybridized carbons (Fsp3) is 0.951. The molecule has 0 radical (unpaired) electrons. The van der Waals surface area contributed by atoms with E-state index in [9.17, 15) is 24.9 Å². The Labute approximate surface area is 298 Å². The summed E-state index contributed by atoms with van der Waals surface area (Å²) in [6.07, 6.45) is 7.74. The van der Waals surface area contributed by atoms with Crippen molar-refractivity contribution in [3.63, 3.8) is 0 Å². The van der Waals surface area contributed by atoms with Gasteiger partial charge in [-0.25, -0.2) is 9.59 Å². The minimum absolute atomic E-state index is 0.0125. The predicted molar refractivity (Wildman–Crippen MR) is 194 cm³/mol. The molecule has 12 atom stereocenters. The number of carbonyl (C=O) groups is 2. The fourth-order valence-corrected chi connectivity index (χ4v) is 12.0.